The Bertz CT molecular complexity index is 1010. The zero-order valence-corrected chi connectivity index (χ0v) is 13.5. The fourth-order valence-corrected chi connectivity index (χ4v) is 3.09. The third-order valence-corrected chi connectivity index (χ3v) is 4.19. The third kappa shape index (κ3) is 2.07. The van der Waals surface area contributed by atoms with Crippen molar-refractivity contribution in [1.82, 2.24) is 0 Å². The van der Waals surface area contributed by atoms with Crippen LogP contribution in [0.25, 0.3) is 10.8 Å². The summed E-state index contributed by atoms with van der Waals surface area (Å²) in [6, 6.07) is 13.9. The monoisotopic (exact) mass is 340 g/mol. The van der Waals surface area contributed by atoms with Crippen LogP contribution in [0.1, 0.15) is 31.8 Å². The quantitative estimate of drug-likeness (QED) is 0.573. The number of fused-ring (bicyclic) bond motifs is 3. The molecule has 4 rings (SSSR count). The molecule has 24 heavy (non-hydrogen) atoms. The van der Waals surface area contributed by atoms with E-state index < -0.39 is 0 Å². The number of hydrogen-bond donors (Lipinski definition) is 1. The van der Waals surface area contributed by atoms with Gasteiger partial charge in [-0.1, -0.05) is 24.3 Å². The maximum atomic E-state index is 12.9. The Hall–Kier alpha value is -2.85. The maximum absolute atomic E-state index is 12.9. The van der Waals surface area contributed by atoms with Gasteiger partial charge in [-0.3, -0.25) is 9.59 Å². The van der Waals surface area contributed by atoms with Gasteiger partial charge in [0.25, 0.3) is 0 Å². The highest BCUT2D eigenvalue weighted by Crippen LogP contribution is 2.39. The zero-order valence-electron chi connectivity index (χ0n) is 12.7. The maximum Gasteiger partial charge on any atom is 0.198 e. The van der Waals surface area contributed by atoms with E-state index in [2.05, 4.69) is 0 Å². The highest BCUT2D eigenvalue weighted by molar-refractivity contribution is 6.30. The molecular formula is C19H13ClO4. The molecule has 1 aliphatic carbocycles. The lowest BCUT2D eigenvalue weighted by atomic mass is 9.82. The van der Waals surface area contributed by atoms with E-state index in [1.54, 1.807) is 12.1 Å². The van der Waals surface area contributed by atoms with Crippen molar-refractivity contribution < 1.29 is 19.4 Å². The van der Waals surface area contributed by atoms with Crippen LogP contribution in [0.2, 0.25) is 0 Å². The van der Waals surface area contributed by atoms with Crippen LogP contribution in [0.3, 0.4) is 0 Å². The molecule has 120 valence electrons. The average molecular weight is 341 g/mol. The first-order chi connectivity index (χ1) is 11.1. The summed E-state index contributed by atoms with van der Waals surface area (Å²) in [6.45, 7) is 0. The smallest absolute Gasteiger partial charge is 0.198 e. The van der Waals surface area contributed by atoms with E-state index in [0.717, 1.165) is 10.8 Å². The highest BCUT2D eigenvalue weighted by Gasteiger charge is 2.33. The number of ether oxygens (including phenoxy) is 1. The van der Waals surface area contributed by atoms with Crippen molar-refractivity contribution >= 4 is 34.7 Å². The molecule has 0 unspecified atom stereocenters. The number of methoxy groups -OCH3 is 1. The molecule has 1 aliphatic rings. The standard InChI is InChI=1S/C19H12O4.ClH/c1-23-19-15(20)7-6-12-16(19)18(22)14-9-11-5-3-2-4-10(11)8-13(14)17(12)21;/h2-9,20H,1H3;1H. The Balaban J connectivity index is 0.00000169. The highest BCUT2D eigenvalue weighted by atomic mass is 35.5. The topological polar surface area (TPSA) is 63.6 Å². The molecule has 0 heterocycles. The Morgan fingerprint density at radius 3 is 2.00 bits per heavy atom. The zero-order chi connectivity index (χ0) is 16.1. The van der Waals surface area contributed by atoms with E-state index in [4.69, 9.17) is 4.74 Å². The first-order valence-corrected chi connectivity index (χ1v) is 7.14. The minimum atomic E-state index is -0.312. The number of aromatic hydroxyl groups is 1. The van der Waals surface area contributed by atoms with Gasteiger partial charge in [0, 0.05) is 16.7 Å². The molecule has 5 heteroatoms. The molecule has 0 saturated heterocycles. The van der Waals surface area contributed by atoms with Crippen LogP contribution >= 0.6 is 12.4 Å². The number of hydrogen-bond acceptors (Lipinski definition) is 4. The number of benzene rings is 3. The fourth-order valence-electron chi connectivity index (χ4n) is 3.09. The van der Waals surface area contributed by atoms with E-state index in [-0.39, 0.29) is 46.6 Å². The van der Waals surface area contributed by atoms with Gasteiger partial charge < -0.3 is 9.84 Å². The van der Waals surface area contributed by atoms with Crippen LogP contribution in [0.15, 0.2) is 48.5 Å². The van der Waals surface area contributed by atoms with Crippen molar-refractivity contribution in [2.75, 3.05) is 7.11 Å². The summed E-state index contributed by atoms with van der Waals surface area (Å²) in [4.78, 5) is 25.7. The molecule has 0 atom stereocenters. The second kappa shape index (κ2) is 5.65. The number of ketones is 2. The molecule has 1 N–H and O–H groups in total. The number of carbonyl (C=O) groups excluding carboxylic acids is 2. The Labute approximate surface area is 144 Å². The second-order valence-corrected chi connectivity index (χ2v) is 5.44. The van der Waals surface area contributed by atoms with Crippen LogP contribution in [0.5, 0.6) is 11.5 Å². The van der Waals surface area contributed by atoms with Crippen molar-refractivity contribution in [3.63, 3.8) is 0 Å². The Kier molecular flexibility index (Phi) is 3.78. The van der Waals surface area contributed by atoms with Gasteiger partial charge in [0.1, 0.15) is 0 Å². The minimum Gasteiger partial charge on any atom is -0.504 e. The molecule has 0 spiro atoms. The molecule has 0 aliphatic heterocycles. The van der Waals surface area contributed by atoms with Crippen LogP contribution < -0.4 is 4.74 Å². The normalized spacial score (nSPS) is 12.4. The average Bonchev–Trinajstić information content (AvgIpc) is 2.58. The van der Waals surface area contributed by atoms with Crippen molar-refractivity contribution in [2.45, 2.75) is 0 Å². The predicted molar refractivity (Wildman–Crippen MR) is 92.7 cm³/mol. The molecule has 0 bridgehead atoms. The van der Waals surface area contributed by atoms with Gasteiger partial charge in [0.15, 0.2) is 23.1 Å². The summed E-state index contributed by atoms with van der Waals surface area (Å²) in [5.41, 5.74) is 1.10. The predicted octanol–water partition coefficient (Wildman–Crippen LogP) is 3.75. The largest absolute Gasteiger partial charge is 0.504 e. The first-order valence-electron chi connectivity index (χ1n) is 7.14. The SMILES string of the molecule is COc1c(O)ccc2c1C(=O)c1cc3ccccc3cc1C2=O.Cl. The van der Waals surface area contributed by atoms with Gasteiger partial charge in [0.05, 0.1) is 12.7 Å². The summed E-state index contributed by atoms with van der Waals surface area (Å²) in [5.74, 6) is -0.664. The summed E-state index contributed by atoms with van der Waals surface area (Å²) in [6.07, 6.45) is 0. The molecule has 3 aromatic rings. The molecule has 0 amide bonds. The number of phenolic OH excluding ortho intramolecular Hbond substituents is 1. The molecule has 0 radical (unpaired) electrons. The van der Waals surface area contributed by atoms with E-state index in [0.29, 0.717) is 11.1 Å². The van der Waals surface area contributed by atoms with Crippen molar-refractivity contribution in [2.24, 2.45) is 0 Å². The number of halogens is 1. The van der Waals surface area contributed by atoms with Gasteiger partial charge in [-0.15, -0.1) is 12.4 Å². The Morgan fingerprint density at radius 2 is 1.42 bits per heavy atom. The lowest BCUT2D eigenvalue weighted by molar-refractivity contribution is 0.0976. The van der Waals surface area contributed by atoms with Crippen LogP contribution in [0.4, 0.5) is 0 Å². The molecule has 3 aromatic carbocycles. The molecule has 4 nitrogen and oxygen atoms in total. The van der Waals surface area contributed by atoms with E-state index >= 15 is 0 Å². The van der Waals surface area contributed by atoms with E-state index in [1.807, 2.05) is 24.3 Å². The van der Waals surface area contributed by atoms with Crippen molar-refractivity contribution in [3.05, 3.63) is 70.8 Å². The third-order valence-electron chi connectivity index (χ3n) is 4.19. The van der Waals surface area contributed by atoms with Gasteiger partial charge >= 0.3 is 0 Å². The second-order valence-electron chi connectivity index (χ2n) is 5.44. The van der Waals surface area contributed by atoms with E-state index in [1.165, 1.54) is 19.2 Å². The summed E-state index contributed by atoms with van der Waals surface area (Å²) in [7, 11) is 1.36. The van der Waals surface area contributed by atoms with Gasteiger partial charge in [-0.25, -0.2) is 0 Å². The van der Waals surface area contributed by atoms with E-state index in [9.17, 15) is 14.7 Å². The summed E-state index contributed by atoms with van der Waals surface area (Å²) >= 11 is 0. The van der Waals surface area contributed by atoms with Crippen LogP contribution in [-0.4, -0.2) is 23.8 Å². The van der Waals surface area contributed by atoms with Crippen molar-refractivity contribution in [3.8, 4) is 11.5 Å². The molecular weight excluding hydrogens is 328 g/mol. The van der Waals surface area contributed by atoms with Gasteiger partial charge in [-0.2, -0.15) is 0 Å². The molecule has 0 saturated carbocycles. The van der Waals surface area contributed by atoms with Crippen LogP contribution in [0, 0.1) is 0 Å². The molecule has 0 aromatic heterocycles. The number of phenols is 1. The fraction of sp³-hybridized carbons (Fsp3) is 0.0526. The number of carbonyl (C=O) groups is 2. The minimum absolute atomic E-state index is 0. The first kappa shape index (κ1) is 16.0. The van der Waals surface area contributed by atoms with Crippen molar-refractivity contribution in [1.29, 1.82) is 0 Å². The van der Waals surface area contributed by atoms with Crippen LogP contribution in [-0.2, 0) is 0 Å². The number of rotatable bonds is 1. The lowest BCUT2D eigenvalue weighted by Crippen LogP contribution is -2.21. The molecule has 0 fully saturated rings. The van der Waals surface area contributed by atoms with Gasteiger partial charge in [0.2, 0.25) is 0 Å². The van der Waals surface area contributed by atoms with Gasteiger partial charge in [-0.05, 0) is 35.0 Å². The Morgan fingerprint density at radius 1 is 0.833 bits per heavy atom. The lowest BCUT2D eigenvalue weighted by Gasteiger charge is -2.20. The summed E-state index contributed by atoms with van der Waals surface area (Å²) < 4.78 is 5.14. The summed E-state index contributed by atoms with van der Waals surface area (Å²) in [5, 5.41) is 11.7.